The molecule has 0 aliphatic rings. The maximum atomic E-state index is 10.6. The number of hydrogen-bond acceptors (Lipinski definition) is 6. The van der Waals surface area contributed by atoms with Gasteiger partial charge in [-0.25, -0.2) is 9.97 Å². The van der Waals surface area contributed by atoms with E-state index in [0.29, 0.717) is 11.6 Å². The Hall–Kier alpha value is -2.80. The van der Waals surface area contributed by atoms with Crippen molar-refractivity contribution in [3.63, 3.8) is 0 Å². The zero-order valence-electron chi connectivity index (χ0n) is 10.7. The molecule has 104 valence electrons. The third kappa shape index (κ3) is 2.87. The van der Waals surface area contributed by atoms with Gasteiger partial charge in [0.2, 0.25) is 5.88 Å². The van der Waals surface area contributed by atoms with Crippen molar-refractivity contribution in [2.75, 3.05) is 0 Å². The Labute approximate surface area is 123 Å². The van der Waals surface area contributed by atoms with Crippen LogP contribution in [0.15, 0.2) is 53.5 Å². The van der Waals surface area contributed by atoms with E-state index in [-0.39, 0.29) is 5.69 Å². The van der Waals surface area contributed by atoms with Gasteiger partial charge in [0.15, 0.2) is 0 Å². The number of rotatable bonds is 4. The van der Waals surface area contributed by atoms with Crippen LogP contribution in [0.3, 0.4) is 0 Å². The Balaban J connectivity index is 1.90. The lowest BCUT2D eigenvalue weighted by Crippen LogP contribution is -1.93. The summed E-state index contributed by atoms with van der Waals surface area (Å²) in [5.41, 5.74) is 3.34. The number of para-hydroxylation sites is 1. The predicted molar refractivity (Wildman–Crippen MR) is 78.5 cm³/mol. The van der Waals surface area contributed by atoms with Crippen LogP contribution in [0.1, 0.15) is 0 Å². The molecule has 1 aromatic carbocycles. The van der Waals surface area contributed by atoms with E-state index in [1.807, 2.05) is 23.6 Å². The minimum Gasteiger partial charge on any atom is -0.438 e. The van der Waals surface area contributed by atoms with Crippen LogP contribution in [-0.4, -0.2) is 14.9 Å². The topological polar surface area (TPSA) is 78.2 Å². The molecule has 0 aliphatic carbocycles. The van der Waals surface area contributed by atoms with Crippen molar-refractivity contribution in [1.82, 2.24) is 9.97 Å². The molecule has 0 saturated carbocycles. The van der Waals surface area contributed by atoms with Crippen LogP contribution in [0, 0.1) is 10.1 Å². The first-order valence-electron chi connectivity index (χ1n) is 6.00. The van der Waals surface area contributed by atoms with Crippen LogP contribution in [0.5, 0.6) is 11.6 Å². The summed E-state index contributed by atoms with van der Waals surface area (Å²) in [7, 11) is 0. The first-order valence-corrected chi connectivity index (χ1v) is 6.94. The fourth-order valence-electron chi connectivity index (χ4n) is 1.77. The third-order valence-electron chi connectivity index (χ3n) is 2.74. The smallest absolute Gasteiger partial charge is 0.287 e. The van der Waals surface area contributed by atoms with Gasteiger partial charge in [-0.3, -0.25) is 10.1 Å². The van der Waals surface area contributed by atoms with Gasteiger partial charge in [-0.05, 0) is 12.1 Å². The predicted octanol–water partition coefficient (Wildman–Crippen LogP) is 3.91. The van der Waals surface area contributed by atoms with E-state index in [1.54, 1.807) is 11.6 Å². The van der Waals surface area contributed by atoms with Crippen LogP contribution in [-0.2, 0) is 0 Å². The van der Waals surface area contributed by atoms with Gasteiger partial charge in [-0.2, -0.15) is 0 Å². The van der Waals surface area contributed by atoms with Crippen molar-refractivity contribution in [2.45, 2.75) is 0 Å². The van der Waals surface area contributed by atoms with E-state index in [9.17, 15) is 10.1 Å². The molecule has 21 heavy (non-hydrogen) atoms. The van der Waals surface area contributed by atoms with Gasteiger partial charge in [0, 0.05) is 23.1 Å². The fourth-order valence-corrected chi connectivity index (χ4v) is 2.32. The second-order valence-corrected chi connectivity index (χ2v) is 4.80. The summed E-state index contributed by atoms with van der Waals surface area (Å²) >= 11 is 1.50. The SMILES string of the molecule is O=[N+]([O-])c1ccc(Oc2ccccc2-c2cscn2)nc1. The summed E-state index contributed by atoms with van der Waals surface area (Å²) < 4.78 is 5.70. The molecule has 0 N–H and O–H groups in total. The molecule has 7 heteroatoms. The molecule has 0 aliphatic heterocycles. The molecule has 0 unspecified atom stereocenters. The molecule has 0 saturated heterocycles. The molecule has 0 fully saturated rings. The number of benzene rings is 1. The summed E-state index contributed by atoms with van der Waals surface area (Å²) in [5, 5.41) is 12.5. The van der Waals surface area contributed by atoms with Gasteiger partial charge < -0.3 is 4.74 Å². The average molecular weight is 299 g/mol. The Kier molecular flexibility index (Phi) is 3.57. The highest BCUT2D eigenvalue weighted by Gasteiger charge is 2.10. The minimum atomic E-state index is -0.500. The average Bonchev–Trinajstić information content (AvgIpc) is 3.02. The van der Waals surface area contributed by atoms with Crippen molar-refractivity contribution in [2.24, 2.45) is 0 Å². The van der Waals surface area contributed by atoms with E-state index >= 15 is 0 Å². The minimum absolute atomic E-state index is 0.0739. The maximum Gasteiger partial charge on any atom is 0.287 e. The van der Waals surface area contributed by atoms with Crippen molar-refractivity contribution in [3.8, 4) is 22.9 Å². The lowest BCUT2D eigenvalue weighted by Gasteiger charge is -2.08. The summed E-state index contributed by atoms with van der Waals surface area (Å²) in [6, 6.07) is 10.3. The molecular formula is C14H9N3O3S. The standard InChI is InChI=1S/C14H9N3O3S/c18-17(19)10-5-6-14(15-7-10)20-13-4-2-1-3-11(13)12-8-21-9-16-12/h1-9H. The van der Waals surface area contributed by atoms with Crippen molar-refractivity contribution < 1.29 is 9.66 Å². The lowest BCUT2D eigenvalue weighted by atomic mass is 10.1. The maximum absolute atomic E-state index is 10.6. The van der Waals surface area contributed by atoms with E-state index in [0.717, 1.165) is 11.3 Å². The number of ether oxygens (including phenoxy) is 1. The second-order valence-electron chi connectivity index (χ2n) is 4.08. The molecule has 2 aromatic heterocycles. The molecule has 0 bridgehead atoms. The summed E-state index contributed by atoms with van der Waals surface area (Å²) in [5.74, 6) is 0.896. The number of aromatic nitrogens is 2. The number of nitrogens with zero attached hydrogens (tertiary/aromatic N) is 3. The van der Waals surface area contributed by atoms with Gasteiger partial charge in [-0.15, -0.1) is 11.3 Å². The van der Waals surface area contributed by atoms with Crippen LogP contribution >= 0.6 is 11.3 Å². The Bertz CT molecular complexity index is 757. The van der Waals surface area contributed by atoms with Crippen molar-refractivity contribution in [3.05, 3.63) is 63.6 Å². The number of nitro groups is 1. The Morgan fingerprint density at radius 3 is 2.67 bits per heavy atom. The van der Waals surface area contributed by atoms with Crippen molar-refractivity contribution >= 4 is 17.0 Å². The zero-order chi connectivity index (χ0) is 14.7. The second kappa shape index (κ2) is 5.68. The molecule has 2 heterocycles. The van der Waals surface area contributed by atoms with Crippen LogP contribution in [0.25, 0.3) is 11.3 Å². The summed E-state index contributed by atoms with van der Waals surface area (Å²) in [6.07, 6.45) is 1.17. The lowest BCUT2D eigenvalue weighted by molar-refractivity contribution is -0.385. The van der Waals surface area contributed by atoms with Crippen LogP contribution in [0.4, 0.5) is 5.69 Å². The Morgan fingerprint density at radius 2 is 2.00 bits per heavy atom. The van der Waals surface area contributed by atoms with E-state index in [2.05, 4.69) is 9.97 Å². The number of pyridine rings is 1. The molecule has 0 atom stereocenters. The molecule has 0 radical (unpaired) electrons. The van der Waals surface area contributed by atoms with Gasteiger partial charge in [0.25, 0.3) is 5.69 Å². The number of hydrogen-bond donors (Lipinski definition) is 0. The van der Waals surface area contributed by atoms with Crippen LogP contribution in [0.2, 0.25) is 0 Å². The van der Waals surface area contributed by atoms with E-state index in [1.165, 1.54) is 29.7 Å². The summed E-state index contributed by atoms with van der Waals surface area (Å²) in [4.78, 5) is 18.3. The summed E-state index contributed by atoms with van der Waals surface area (Å²) in [6.45, 7) is 0. The monoisotopic (exact) mass is 299 g/mol. The van der Waals surface area contributed by atoms with Crippen molar-refractivity contribution in [1.29, 1.82) is 0 Å². The van der Waals surface area contributed by atoms with E-state index in [4.69, 9.17) is 4.74 Å². The fraction of sp³-hybridized carbons (Fsp3) is 0. The quantitative estimate of drug-likeness (QED) is 0.539. The van der Waals surface area contributed by atoms with Crippen LogP contribution < -0.4 is 4.74 Å². The number of thiazole rings is 1. The highest BCUT2D eigenvalue weighted by molar-refractivity contribution is 7.07. The van der Waals surface area contributed by atoms with Gasteiger partial charge in [-0.1, -0.05) is 12.1 Å². The zero-order valence-corrected chi connectivity index (χ0v) is 11.5. The third-order valence-corrected chi connectivity index (χ3v) is 3.33. The van der Waals surface area contributed by atoms with Gasteiger partial charge in [0.05, 0.1) is 16.1 Å². The van der Waals surface area contributed by atoms with Gasteiger partial charge in [0.1, 0.15) is 11.9 Å². The molecule has 3 rings (SSSR count). The molecule has 0 spiro atoms. The first kappa shape index (κ1) is 13.2. The highest BCUT2D eigenvalue weighted by atomic mass is 32.1. The van der Waals surface area contributed by atoms with E-state index < -0.39 is 4.92 Å². The normalized spacial score (nSPS) is 10.3. The molecule has 3 aromatic rings. The first-order chi connectivity index (χ1) is 10.2. The highest BCUT2D eigenvalue weighted by Crippen LogP contribution is 2.32. The largest absolute Gasteiger partial charge is 0.438 e. The molecule has 6 nitrogen and oxygen atoms in total. The molecule has 0 amide bonds. The van der Waals surface area contributed by atoms with Gasteiger partial charge >= 0.3 is 0 Å². The molecular weight excluding hydrogens is 290 g/mol. The Morgan fingerprint density at radius 1 is 1.14 bits per heavy atom.